The van der Waals surface area contributed by atoms with E-state index in [4.69, 9.17) is 19.2 Å². The molecule has 29 heavy (non-hydrogen) atoms. The Balaban J connectivity index is 0.00000240. The molecule has 3 aliphatic heterocycles. The summed E-state index contributed by atoms with van der Waals surface area (Å²) in [6, 6.07) is 6.75. The number of halogens is 1. The van der Waals surface area contributed by atoms with Gasteiger partial charge in [-0.1, -0.05) is 6.07 Å². The molecule has 0 spiro atoms. The normalized spacial score (nSPS) is 22.7. The van der Waals surface area contributed by atoms with Gasteiger partial charge >= 0.3 is 0 Å². The largest absolute Gasteiger partial charge is 0.490 e. The molecule has 2 saturated heterocycles. The number of ether oxygens (including phenoxy) is 3. The lowest BCUT2D eigenvalue weighted by atomic mass is 10.2. The van der Waals surface area contributed by atoms with Crippen molar-refractivity contribution in [1.29, 1.82) is 0 Å². The minimum Gasteiger partial charge on any atom is -0.490 e. The summed E-state index contributed by atoms with van der Waals surface area (Å²) >= 11 is 0. The van der Waals surface area contributed by atoms with Crippen LogP contribution in [0.4, 0.5) is 0 Å². The number of fused-ring (bicyclic) bond motifs is 1. The molecule has 4 rings (SSSR count). The van der Waals surface area contributed by atoms with Crippen LogP contribution in [0.5, 0.6) is 11.5 Å². The van der Waals surface area contributed by atoms with E-state index in [2.05, 4.69) is 34.2 Å². The number of likely N-dealkylation sites (tertiary alicyclic amines) is 1. The molecule has 8 heteroatoms. The Morgan fingerprint density at radius 1 is 1.10 bits per heavy atom. The molecule has 0 aromatic heterocycles. The lowest BCUT2D eigenvalue weighted by Gasteiger charge is -2.32. The fourth-order valence-corrected chi connectivity index (χ4v) is 4.07. The molecule has 0 saturated carbocycles. The van der Waals surface area contributed by atoms with E-state index in [-0.39, 0.29) is 24.0 Å². The fourth-order valence-electron chi connectivity index (χ4n) is 4.07. The van der Waals surface area contributed by atoms with Crippen LogP contribution >= 0.6 is 24.0 Å². The number of benzene rings is 1. The van der Waals surface area contributed by atoms with E-state index >= 15 is 0 Å². The molecular formula is C21H33IN4O3. The summed E-state index contributed by atoms with van der Waals surface area (Å²) in [5, 5.41) is 3.47. The molecule has 3 aliphatic rings. The van der Waals surface area contributed by atoms with Gasteiger partial charge in [-0.3, -0.25) is 4.90 Å². The van der Waals surface area contributed by atoms with Gasteiger partial charge < -0.3 is 24.4 Å². The Morgan fingerprint density at radius 2 is 1.90 bits per heavy atom. The lowest BCUT2D eigenvalue weighted by molar-refractivity contribution is 0.0195. The van der Waals surface area contributed by atoms with E-state index < -0.39 is 0 Å². The summed E-state index contributed by atoms with van der Waals surface area (Å²) in [6.07, 6.45) is 2.11. The highest BCUT2D eigenvalue weighted by molar-refractivity contribution is 14.0. The first kappa shape index (κ1) is 22.4. The van der Waals surface area contributed by atoms with Gasteiger partial charge in [-0.2, -0.15) is 0 Å². The van der Waals surface area contributed by atoms with Gasteiger partial charge in [-0.25, -0.2) is 4.99 Å². The molecule has 7 nitrogen and oxygen atoms in total. The van der Waals surface area contributed by atoms with Gasteiger partial charge in [0.2, 0.25) is 0 Å². The molecule has 0 amide bonds. The van der Waals surface area contributed by atoms with Crippen molar-refractivity contribution in [3.8, 4) is 11.5 Å². The van der Waals surface area contributed by atoms with E-state index in [0.29, 0.717) is 25.8 Å². The summed E-state index contributed by atoms with van der Waals surface area (Å²) < 4.78 is 17.0. The first-order chi connectivity index (χ1) is 13.8. The van der Waals surface area contributed by atoms with Crippen LogP contribution < -0.4 is 14.8 Å². The van der Waals surface area contributed by atoms with Gasteiger partial charge in [-0.05, 0) is 31.0 Å². The molecule has 162 valence electrons. The van der Waals surface area contributed by atoms with Crippen molar-refractivity contribution < 1.29 is 14.2 Å². The number of nitrogens with zero attached hydrogens (tertiary/aromatic N) is 3. The van der Waals surface area contributed by atoms with Crippen LogP contribution in [0.1, 0.15) is 25.3 Å². The number of morpholine rings is 1. The third-order valence-electron chi connectivity index (χ3n) is 5.58. The maximum Gasteiger partial charge on any atom is 0.194 e. The molecule has 1 N–H and O–H groups in total. The van der Waals surface area contributed by atoms with Crippen molar-refractivity contribution in [2.24, 2.45) is 4.99 Å². The standard InChI is InChI=1S/C21H32N4O3.HI/c1-2-22-21(25-7-6-18(16-25)24-8-12-26-13-9-24)23-15-17-4-5-19-20(14-17)28-11-3-10-27-19;/h4-5,14,18H,2-3,6-13,15-16H2,1H3,(H,22,23);1H. The van der Waals surface area contributed by atoms with Crippen LogP contribution in [0.15, 0.2) is 23.2 Å². The highest BCUT2D eigenvalue weighted by atomic mass is 127. The molecule has 1 aromatic rings. The minimum atomic E-state index is 0. The number of hydrogen-bond acceptors (Lipinski definition) is 5. The smallest absolute Gasteiger partial charge is 0.194 e. The Hall–Kier alpha value is -1.26. The first-order valence-corrected chi connectivity index (χ1v) is 10.6. The van der Waals surface area contributed by atoms with Crippen molar-refractivity contribution in [2.45, 2.75) is 32.4 Å². The zero-order valence-electron chi connectivity index (χ0n) is 17.3. The van der Waals surface area contributed by atoms with Crippen molar-refractivity contribution in [3.05, 3.63) is 23.8 Å². The molecular weight excluding hydrogens is 483 g/mol. The Bertz CT molecular complexity index is 682. The third kappa shape index (κ3) is 5.88. The Labute approximate surface area is 190 Å². The lowest BCUT2D eigenvalue weighted by Crippen LogP contribution is -2.46. The van der Waals surface area contributed by atoms with Gasteiger partial charge in [0.05, 0.1) is 33.0 Å². The van der Waals surface area contributed by atoms with E-state index in [1.165, 1.54) is 6.42 Å². The van der Waals surface area contributed by atoms with Gasteiger partial charge in [0, 0.05) is 45.2 Å². The van der Waals surface area contributed by atoms with Gasteiger partial charge in [-0.15, -0.1) is 24.0 Å². The van der Waals surface area contributed by atoms with Crippen LogP contribution in [0.3, 0.4) is 0 Å². The van der Waals surface area contributed by atoms with Crippen LogP contribution in [0.2, 0.25) is 0 Å². The topological polar surface area (TPSA) is 58.6 Å². The number of nitrogens with one attached hydrogen (secondary N) is 1. The van der Waals surface area contributed by atoms with Crippen molar-refractivity contribution >= 4 is 29.9 Å². The summed E-state index contributed by atoms with van der Waals surface area (Å²) in [6.45, 7) is 10.9. The van der Waals surface area contributed by atoms with Crippen molar-refractivity contribution in [1.82, 2.24) is 15.1 Å². The van der Waals surface area contributed by atoms with Crippen LogP contribution in [-0.2, 0) is 11.3 Å². The number of rotatable bonds is 4. The highest BCUT2D eigenvalue weighted by Gasteiger charge is 2.30. The first-order valence-electron chi connectivity index (χ1n) is 10.6. The van der Waals surface area contributed by atoms with E-state index in [1.54, 1.807) is 0 Å². The predicted molar refractivity (Wildman–Crippen MR) is 125 cm³/mol. The molecule has 1 unspecified atom stereocenters. The average molecular weight is 516 g/mol. The van der Waals surface area contributed by atoms with Crippen molar-refractivity contribution in [2.75, 3.05) is 59.2 Å². The quantitative estimate of drug-likeness (QED) is 0.377. The zero-order chi connectivity index (χ0) is 19.2. The molecule has 1 aromatic carbocycles. The van der Waals surface area contributed by atoms with E-state index in [0.717, 1.165) is 75.4 Å². The molecule has 0 bridgehead atoms. The molecule has 0 radical (unpaired) electrons. The fraction of sp³-hybridized carbons (Fsp3) is 0.667. The summed E-state index contributed by atoms with van der Waals surface area (Å²) in [5.41, 5.74) is 1.14. The molecule has 0 aliphatic carbocycles. The second-order valence-electron chi connectivity index (χ2n) is 7.54. The average Bonchev–Trinajstić information content (AvgIpc) is 3.11. The Morgan fingerprint density at radius 3 is 2.69 bits per heavy atom. The van der Waals surface area contributed by atoms with Crippen LogP contribution in [0, 0.1) is 0 Å². The van der Waals surface area contributed by atoms with E-state index in [1.807, 2.05) is 6.07 Å². The zero-order valence-corrected chi connectivity index (χ0v) is 19.6. The summed E-state index contributed by atoms with van der Waals surface area (Å²) in [4.78, 5) is 9.87. The molecule has 3 heterocycles. The third-order valence-corrected chi connectivity index (χ3v) is 5.58. The van der Waals surface area contributed by atoms with Gasteiger partial charge in [0.15, 0.2) is 17.5 Å². The van der Waals surface area contributed by atoms with Gasteiger partial charge in [0.25, 0.3) is 0 Å². The predicted octanol–water partition coefficient (Wildman–Crippen LogP) is 2.34. The molecule has 1 atom stereocenters. The van der Waals surface area contributed by atoms with E-state index in [9.17, 15) is 0 Å². The number of hydrogen-bond donors (Lipinski definition) is 1. The molecule has 2 fully saturated rings. The van der Waals surface area contributed by atoms with Gasteiger partial charge in [0.1, 0.15) is 0 Å². The second-order valence-corrected chi connectivity index (χ2v) is 7.54. The highest BCUT2D eigenvalue weighted by Crippen LogP contribution is 2.30. The number of aliphatic imine (C=N–C) groups is 1. The maximum atomic E-state index is 5.81. The Kier molecular flexibility index (Phi) is 8.68. The van der Waals surface area contributed by atoms with Crippen molar-refractivity contribution in [3.63, 3.8) is 0 Å². The number of guanidine groups is 1. The van der Waals surface area contributed by atoms with Crippen LogP contribution in [0.25, 0.3) is 0 Å². The van der Waals surface area contributed by atoms with Crippen LogP contribution in [-0.4, -0.2) is 81.0 Å². The summed E-state index contributed by atoms with van der Waals surface area (Å²) in [7, 11) is 0. The minimum absolute atomic E-state index is 0. The SMILES string of the molecule is CCNC(=NCc1ccc2c(c1)OCCCO2)N1CCC(N2CCOCC2)C1.I. The monoisotopic (exact) mass is 516 g/mol. The maximum absolute atomic E-state index is 5.81. The second kappa shape index (κ2) is 11.2. The summed E-state index contributed by atoms with van der Waals surface area (Å²) in [5.74, 6) is 2.68.